The van der Waals surface area contributed by atoms with E-state index in [0.717, 1.165) is 18.3 Å². The number of hydrogen-bond acceptors (Lipinski definition) is 1. The van der Waals surface area contributed by atoms with Crippen LogP contribution in [-0.4, -0.2) is 11.1 Å². The van der Waals surface area contributed by atoms with Crippen LogP contribution in [0.4, 0.5) is 0 Å². The first-order valence-corrected chi connectivity index (χ1v) is 7.99. The maximum atomic E-state index is 10.9. The molecule has 0 aromatic carbocycles. The van der Waals surface area contributed by atoms with Crippen LogP contribution in [0.25, 0.3) is 0 Å². The second-order valence-electron chi connectivity index (χ2n) is 6.39. The molecule has 3 heteroatoms. The van der Waals surface area contributed by atoms with Gasteiger partial charge in [0.25, 0.3) is 0 Å². The summed E-state index contributed by atoms with van der Waals surface area (Å²) in [6.45, 7) is 0. The van der Waals surface area contributed by atoms with Crippen LogP contribution in [0.5, 0.6) is 0 Å². The fourth-order valence-corrected chi connectivity index (χ4v) is 4.27. The van der Waals surface area contributed by atoms with Crippen molar-refractivity contribution in [3.05, 3.63) is 0 Å². The number of carbonyl (C=O) groups is 1. The van der Waals surface area contributed by atoms with E-state index in [0.29, 0.717) is 12.3 Å². The van der Waals surface area contributed by atoms with Gasteiger partial charge in [0.1, 0.15) is 0 Å². The molecule has 2 aliphatic carbocycles. The molecule has 0 atom stereocenters. The minimum atomic E-state index is -0.605. The number of carboxylic acid groups (broad SMARTS) is 1. The molecule has 2 nitrogen and oxygen atoms in total. The largest absolute Gasteiger partial charge is 0.481 e. The van der Waals surface area contributed by atoms with Crippen molar-refractivity contribution in [3.8, 4) is 0 Å². The quantitative estimate of drug-likeness (QED) is 0.804. The summed E-state index contributed by atoms with van der Waals surface area (Å²) >= 11 is 0. The topological polar surface area (TPSA) is 37.3 Å². The smallest absolute Gasteiger partial charge is 0.303 e. The van der Waals surface area contributed by atoms with Crippen molar-refractivity contribution in [2.75, 3.05) is 0 Å². The average Bonchev–Trinajstić information content (AvgIpc) is 2.41. The molecule has 0 bridgehead atoms. The first-order chi connectivity index (χ1) is 8.77. The second-order valence-corrected chi connectivity index (χ2v) is 6.39. The molecule has 2 aliphatic rings. The minimum absolute atomic E-state index is 0. The van der Waals surface area contributed by atoms with Crippen molar-refractivity contribution < 1.29 is 26.7 Å². The first-order valence-electron chi connectivity index (χ1n) is 7.99. The third kappa shape index (κ3) is 5.46. The van der Waals surface area contributed by atoms with Gasteiger partial charge >= 0.3 is 5.97 Å². The Morgan fingerprint density at radius 1 is 0.895 bits per heavy atom. The van der Waals surface area contributed by atoms with E-state index in [1.807, 2.05) is 0 Å². The fourth-order valence-electron chi connectivity index (χ4n) is 4.27. The number of aliphatic carboxylic acids is 1. The van der Waals surface area contributed by atoms with Crippen LogP contribution in [0.3, 0.4) is 0 Å². The summed E-state index contributed by atoms with van der Waals surface area (Å²) < 4.78 is 0. The molecule has 0 heterocycles. The van der Waals surface area contributed by atoms with Crippen LogP contribution in [0.15, 0.2) is 0 Å². The predicted octanol–water partition coefficient (Wildman–Crippen LogP) is 4.63. The number of carboxylic acids is 1. The van der Waals surface area contributed by atoms with E-state index in [2.05, 4.69) is 0 Å². The predicted molar refractivity (Wildman–Crippen MR) is 73.5 cm³/mol. The van der Waals surface area contributed by atoms with Gasteiger partial charge in [-0.05, 0) is 24.2 Å². The Morgan fingerprint density at radius 3 is 1.68 bits per heavy atom. The Bertz CT molecular complexity index is 237. The molecule has 2 fully saturated rings. The Balaban J connectivity index is 0.00000180. The Kier molecular flexibility index (Phi) is 8.08. The first kappa shape index (κ1) is 17.0. The van der Waals surface area contributed by atoms with Crippen molar-refractivity contribution in [3.63, 3.8) is 0 Å². The van der Waals surface area contributed by atoms with E-state index in [1.165, 1.54) is 64.2 Å². The van der Waals surface area contributed by atoms with E-state index < -0.39 is 5.97 Å². The zero-order chi connectivity index (χ0) is 12.8. The van der Waals surface area contributed by atoms with Gasteiger partial charge in [0.05, 0.1) is 0 Å². The summed E-state index contributed by atoms with van der Waals surface area (Å²) in [6.07, 6.45) is 15.1. The van der Waals surface area contributed by atoms with E-state index in [-0.39, 0.29) is 16.8 Å². The standard InChI is InChI=1S/C16H28O2.Co/c17-16(18)12-11-15(13-7-3-1-4-8-13)14-9-5-2-6-10-14;/h13-15H,1-12H2,(H,17,18);. The molecule has 0 aromatic heterocycles. The van der Waals surface area contributed by atoms with Crippen LogP contribution in [0, 0.1) is 17.8 Å². The summed E-state index contributed by atoms with van der Waals surface area (Å²) in [6, 6.07) is 0. The van der Waals surface area contributed by atoms with Gasteiger partial charge in [-0.25, -0.2) is 0 Å². The van der Waals surface area contributed by atoms with Crippen molar-refractivity contribution in [1.29, 1.82) is 0 Å². The molecule has 2 saturated carbocycles. The normalized spacial score (nSPS) is 22.2. The number of hydrogen-bond donors (Lipinski definition) is 1. The maximum Gasteiger partial charge on any atom is 0.303 e. The van der Waals surface area contributed by atoms with Gasteiger partial charge in [-0.2, -0.15) is 0 Å². The zero-order valence-corrected chi connectivity index (χ0v) is 12.9. The third-order valence-electron chi connectivity index (χ3n) is 5.20. The van der Waals surface area contributed by atoms with Crippen LogP contribution in [0.1, 0.15) is 77.0 Å². The molecule has 1 radical (unpaired) electrons. The Labute approximate surface area is 127 Å². The molecule has 1 N–H and O–H groups in total. The van der Waals surface area contributed by atoms with Gasteiger partial charge in [-0.15, -0.1) is 0 Å². The second kappa shape index (κ2) is 9.01. The molecular formula is C16H28CoO2. The maximum absolute atomic E-state index is 10.9. The van der Waals surface area contributed by atoms with Crippen molar-refractivity contribution >= 4 is 5.97 Å². The minimum Gasteiger partial charge on any atom is -0.481 e. The molecule has 0 amide bonds. The van der Waals surface area contributed by atoms with Crippen LogP contribution >= 0.6 is 0 Å². The Morgan fingerprint density at radius 2 is 1.32 bits per heavy atom. The van der Waals surface area contributed by atoms with Crippen molar-refractivity contribution in [1.82, 2.24) is 0 Å². The van der Waals surface area contributed by atoms with Crippen LogP contribution in [-0.2, 0) is 21.6 Å². The molecule has 19 heavy (non-hydrogen) atoms. The molecule has 0 unspecified atom stereocenters. The molecule has 2 rings (SSSR count). The van der Waals surface area contributed by atoms with E-state index in [1.54, 1.807) is 0 Å². The van der Waals surface area contributed by atoms with Crippen LogP contribution in [0.2, 0.25) is 0 Å². The summed E-state index contributed by atoms with van der Waals surface area (Å²) in [5.41, 5.74) is 0. The molecular weight excluding hydrogens is 283 g/mol. The summed E-state index contributed by atoms with van der Waals surface area (Å²) in [5.74, 6) is 1.77. The van der Waals surface area contributed by atoms with E-state index in [9.17, 15) is 4.79 Å². The SMILES string of the molecule is O=C(O)CCC(C1CCCCC1)C1CCCCC1.[Co]. The van der Waals surface area contributed by atoms with Gasteiger partial charge in [-0.1, -0.05) is 64.2 Å². The van der Waals surface area contributed by atoms with Gasteiger partial charge in [0.2, 0.25) is 0 Å². The Hall–Kier alpha value is -0.0235. The molecule has 0 aromatic rings. The molecule has 0 saturated heterocycles. The van der Waals surface area contributed by atoms with Gasteiger partial charge < -0.3 is 5.11 Å². The summed E-state index contributed by atoms with van der Waals surface area (Å²) in [4.78, 5) is 10.9. The fraction of sp³-hybridized carbons (Fsp3) is 0.938. The molecule has 113 valence electrons. The number of rotatable bonds is 5. The third-order valence-corrected chi connectivity index (χ3v) is 5.20. The zero-order valence-electron chi connectivity index (χ0n) is 11.9. The average molecular weight is 311 g/mol. The summed E-state index contributed by atoms with van der Waals surface area (Å²) in [7, 11) is 0. The van der Waals surface area contributed by atoms with Crippen molar-refractivity contribution in [2.24, 2.45) is 17.8 Å². The van der Waals surface area contributed by atoms with Gasteiger partial charge in [0.15, 0.2) is 0 Å². The van der Waals surface area contributed by atoms with E-state index >= 15 is 0 Å². The van der Waals surface area contributed by atoms with Crippen LogP contribution < -0.4 is 0 Å². The van der Waals surface area contributed by atoms with Gasteiger partial charge in [0, 0.05) is 23.2 Å². The molecule has 0 spiro atoms. The van der Waals surface area contributed by atoms with E-state index in [4.69, 9.17) is 5.11 Å². The molecule has 0 aliphatic heterocycles. The monoisotopic (exact) mass is 311 g/mol. The van der Waals surface area contributed by atoms with Crippen molar-refractivity contribution in [2.45, 2.75) is 77.0 Å². The summed E-state index contributed by atoms with van der Waals surface area (Å²) in [5, 5.41) is 8.96. The van der Waals surface area contributed by atoms with Gasteiger partial charge in [-0.3, -0.25) is 4.79 Å².